The van der Waals surface area contributed by atoms with Crippen molar-refractivity contribution in [2.45, 2.75) is 44.3 Å². The molecule has 6 rings (SSSR count). The van der Waals surface area contributed by atoms with Crippen LogP contribution in [0.4, 0.5) is 19.3 Å². The van der Waals surface area contributed by atoms with Gasteiger partial charge in [0.2, 0.25) is 0 Å². The van der Waals surface area contributed by atoms with Gasteiger partial charge < -0.3 is 20.7 Å². The van der Waals surface area contributed by atoms with E-state index in [9.17, 15) is 23.2 Å². The van der Waals surface area contributed by atoms with Gasteiger partial charge in [-0.25, -0.2) is 14.8 Å². The van der Waals surface area contributed by atoms with Crippen LogP contribution in [0.3, 0.4) is 0 Å². The van der Waals surface area contributed by atoms with Crippen LogP contribution < -0.4 is 16.6 Å². The van der Waals surface area contributed by atoms with Crippen molar-refractivity contribution < 1.29 is 23.1 Å². The highest BCUT2D eigenvalue weighted by molar-refractivity contribution is 7.13. The minimum Gasteiger partial charge on any atom is -0.447 e. The number of nitrogens with zero attached hydrogens (tertiary/aromatic N) is 4. The number of benzene rings is 2. The van der Waals surface area contributed by atoms with Crippen LogP contribution in [0.25, 0.3) is 21.5 Å². The van der Waals surface area contributed by atoms with E-state index in [1.165, 1.54) is 0 Å². The Balaban J connectivity index is 1.43. The fourth-order valence-corrected chi connectivity index (χ4v) is 6.35. The van der Waals surface area contributed by atoms with E-state index in [1.54, 1.807) is 40.7 Å². The van der Waals surface area contributed by atoms with E-state index in [-0.39, 0.29) is 41.9 Å². The van der Waals surface area contributed by atoms with Crippen molar-refractivity contribution in [2.75, 3.05) is 18.5 Å². The number of anilines is 1. The second-order valence-electron chi connectivity index (χ2n) is 10.4. The first-order valence-corrected chi connectivity index (χ1v) is 14.4. The zero-order valence-electron chi connectivity index (χ0n) is 22.3. The molecule has 42 heavy (non-hydrogen) atoms. The van der Waals surface area contributed by atoms with Crippen LogP contribution in [0, 0.1) is 6.92 Å². The minimum absolute atomic E-state index is 0.0886. The summed E-state index contributed by atoms with van der Waals surface area (Å²) in [6.45, 7) is 2.78. The molecule has 2 fully saturated rings. The Bertz CT molecular complexity index is 1780. The molecule has 2 atom stereocenters. The van der Waals surface area contributed by atoms with Crippen molar-refractivity contribution >= 4 is 51.5 Å². The normalized spacial score (nSPS) is 18.7. The zero-order chi connectivity index (χ0) is 29.8. The molecule has 10 nitrogen and oxygen atoms in total. The molecule has 14 heteroatoms. The topological polar surface area (TPSA) is 132 Å². The van der Waals surface area contributed by atoms with Crippen LogP contribution in [-0.4, -0.2) is 56.7 Å². The van der Waals surface area contributed by atoms with Gasteiger partial charge in [-0.2, -0.15) is 8.78 Å². The van der Waals surface area contributed by atoms with Crippen LogP contribution in [0.5, 0.6) is 0 Å². The molecule has 0 bridgehead atoms. The number of amides is 2. The summed E-state index contributed by atoms with van der Waals surface area (Å²) in [5.74, 6) is -5.27. The molecule has 0 saturated carbocycles. The Kier molecular flexibility index (Phi) is 7.09. The van der Waals surface area contributed by atoms with Gasteiger partial charge in [0.15, 0.2) is 0 Å². The van der Waals surface area contributed by atoms with E-state index >= 15 is 0 Å². The maximum absolute atomic E-state index is 14.4. The maximum Gasteiger partial charge on any atom is 0.410 e. The summed E-state index contributed by atoms with van der Waals surface area (Å²) in [5, 5.41) is 5.67. The summed E-state index contributed by atoms with van der Waals surface area (Å²) >= 11 is 6.94. The quantitative estimate of drug-likeness (QED) is 0.313. The number of thiazole rings is 1. The number of carbonyl (C=O) groups excluding carboxylic acids is 2. The van der Waals surface area contributed by atoms with Crippen LogP contribution in [0.2, 0.25) is 5.02 Å². The maximum atomic E-state index is 14.4. The Morgan fingerprint density at radius 2 is 2.00 bits per heavy atom. The highest BCUT2D eigenvalue weighted by atomic mass is 35.5. The predicted octanol–water partition coefficient (Wildman–Crippen LogP) is 4.50. The smallest absolute Gasteiger partial charge is 0.410 e. The fraction of sp³-hybridized carbons (Fsp3) is 0.321. The van der Waals surface area contributed by atoms with E-state index in [1.807, 2.05) is 12.1 Å². The fourth-order valence-electron chi connectivity index (χ4n) is 5.35. The van der Waals surface area contributed by atoms with Crippen molar-refractivity contribution in [3.8, 4) is 10.6 Å². The minimum atomic E-state index is -3.94. The third-order valence-electron chi connectivity index (χ3n) is 7.61. The molecule has 3 N–H and O–H groups in total. The second kappa shape index (κ2) is 10.6. The molecule has 2 amide bonds. The first kappa shape index (κ1) is 28.0. The van der Waals surface area contributed by atoms with Gasteiger partial charge in [-0.15, -0.1) is 11.3 Å². The largest absolute Gasteiger partial charge is 0.447 e. The molecule has 0 spiro atoms. The summed E-state index contributed by atoms with van der Waals surface area (Å²) in [6, 6.07) is 10.3. The van der Waals surface area contributed by atoms with Crippen LogP contribution in [-0.2, 0) is 22.0 Å². The number of hydrogen-bond donors (Lipinski definition) is 2. The van der Waals surface area contributed by atoms with Crippen LogP contribution in [0.1, 0.15) is 29.9 Å². The number of nitrogens with one attached hydrogen (secondary N) is 1. The van der Waals surface area contributed by atoms with E-state index < -0.39 is 17.5 Å². The van der Waals surface area contributed by atoms with Gasteiger partial charge in [0.05, 0.1) is 23.5 Å². The SMILES string of the molecule is Cc1nc2cc(-c3nc(C(F)(F)C(N)=O)cs3)c(N[C@H]3CCN4C(=O)OC[C@@H]4C3)cc2c(=O)n1Cc1ccc(Cl)cc1. The Labute approximate surface area is 247 Å². The first-order valence-electron chi connectivity index (χ1n) is 13.1. The molecule has 2 saturated heterocycles. The Morgan fingerprint density at radius 3 is 2.74 bits per heavy atom. The molecule has 218 valence electrons. The zero-order valence-corrected chi connectivity index (χ0v) is 23.8. The molecule has 4 heterocycles. The lowest BCUT2D eigenvalue weighted by atomic mass is 9.97. The van der Waals surface area contributed by atoms with Crippen molar-refractivity contribution in [3.63, 3.8) is 0 Å². The molecule has 0 radical (unpaired) electrons. The van der Waals surface area contributed by atoms with Gasteiger partial charge in [-0.1, -0.05) is 23.7 Å². The van der Waals surface area contributed by atoms with Gasteiger partial charge >= 0.3 is 12.0 Å². The van der Waals surface area contributed by atoms with Gasteiger partial charge in [0.1, 0.15) is 23.1 Å². The van der Waals surface area contributed by atoms with Crippen LogP contribution in [0.15, 0.2) is 46.6 Å². The van der Waals surface area contributed by atoms with E-state index in [0.717, 1.165) is 22.3 Å². The number of cyclic esters (lactones) is 1. The molecule has 2 aromatic carbocycles. The van der Waals surface area contributed by atoms with Gasteiger partial charge in [-0.3, -0.25) is 14.2 Å². The lowest BCUT2D eigenvalue weighted by Crippen LogP contribution is -2.45. The average molecular weight is 615 g/mol. The van der Waals surface area contributed by atoms with Gasteiger partial charge in [0.25, 0.3) is 11.5 Å². The number of primary amides is 1. The molecular formula is C28H25ClF2N6O4S. The van der Waals surface area contributed by atoms with Gasteiger partial charge in [-0.05, 0) is 49.6 Å². The molecule has 0 aliphatic carbocycles. The molecule has 2 aliphatic heterocycles. The lowest BCUT2D eigenvalue weighted by Gasteiger charge is -2.33. The number of aromatic nitrogens is 3. The standard InChI is InChI=1S/C28H25ClF2N6O4S/c1-14-33-22-9-19(24-35-23(13-42-24)28(30,31)26(32)39)21(34-17-6-7-36-18(8-17)12-41-27(36)40)10-20(22)25(38)37(14)11-15-2-4-16(29)5-3-15/h2-5,9-10,13,17-18,34H,6-8,11-12H2,1H3,(H2,32,39)/t17-,18-/m0/s1. The number of fused-ring (bicyclic) bond motifs is 2. The average Bonchev–Trinajstić information content (AvgIpc) is 3.60. The molecule has 4 aromatic rings. The summed E-state index contributed by atoms with van der Waals surface area (Å²) < 4.78 is 35.5. The number of halogens is 3. The number of carbonyl (C=O) groups is 2. The van der Waals surface area contributed by atoms with Gasteiger partial charge in [0, 0.05) is 34.2 Å². The lowest BCUT2D eigenvalue weighted by molar-refractivity contribution is -0.143. The molecule has 0 unspecified atom stereocenters. The van der Waals surface area contributed by atoms with Crippen molar-refractivity contribution in [2.24, 2.45) is 5.73 Å². The van der Waals surface area contributed by atoms with E-state index in [4.69, 9.17) is 22.1 Å². The number of nitrogens with two attached hydrogens (primary N) is 1. The summed E-state index contributed by atoms with van der Waals surface area (Å²) in [6.07, 6.45) is 0.871. The summed E-state index contributed by atoms with van der Waals surface area (Å²) in [4.78, 5) is 47.5. The number of hydrogen-bond acceptors (Lipinski definition) is 8. The van der Waals surface area contributed by atoms with Crippen LogP contribution >= 0.6 is 22.9 Å². The summed E-state index contributed by atoms with van der Waals surface area (Å²) in [7, 11) is 0. The number of ether oxygens (including phenoxy) is 1. The van der Waals surface area contributed by atoms with E-state index in [0.29, 0.717) is 52.4 Å². The van der Waals surface area contributed by atoms with Crippen molar-refractivity contribution in [1.82, 2.24) is 19.4 Å². The third-order valence-corrected chi connectivity index (χ3v) is 8.74. The highest BCUT2D eigenvalue weighted by Gasteiger charge is 2.42. The van der Waals surface area contributed by atoms with Crippen molar-refractivity contribution in [3.05, 3.63) is 74.2 Å². The molecule has 2 aromatic heterocycles. The number of rotatable bonds is 7. The number of alkyl halides is 2. The second-order valence-corrected chi connectivity index (χ2v) is 11.7. The predicted molar refractivity (Wildman–Crippen MR) is 154 cm³/mol. The number of piperidine rings is 1. The third kappa shape index (κ3) is 5.07. The molecule has 2 aliphatic rings. The highest BCUT2D eigenvalue weighted by Crippen LogP contribution is 2.38. The number of aryl methyl sites for hydroxylation is 1. The monoisotopic (exact) mass is 614 g/mol. The van der Waals surface area contributed by atoms with E-state index in [2.05, 4.69) is 15.3 Å². The molecular weight excluding hydrogens is 590 g/mol. The first-order chi connectivity index (χ1) is 20.0. The Hall–Kier alpha value is -4.10. The van der Waals surface area contributed by atoms with Crippen molar-refractivity contribution in [1.29, 1.82) is 0 Å². The Morgan fingerprint density at radius 1 is 1.24 bits per heavy atom. The summed E-state index contributed by atoms with van der Waals surface area (Å²) in [5.41, 5.74) is 6.07.